The third kappa shape index (κ3) is 3.76. The minimum atomic E-state index is -0.264. The Labute approximate surface area is 120 Å². The maximum absolute atomic E-state index is 13.0. The van der Waals surface area contributed by atoms with Gasteiger partial charge in [-0.1, -0.05) is 13.8 Å². The summed E-state index contributed by atoms with van der Waals surface area (Å²) >= 11 is 3.32. The van der Waals surface area contributed by atoms with Gasteiger partial charge in [-0.15, -0.1) is 0 Å². The minimum absolute atomic E-state index is 0.264. The van der Waals surface area contributed by atoms with Gasteiger partial charge in [-0.3, -0.25) is 0 Å². The van der Waals surface area contributed by atoms with Crippen molar-refractivity contribution >= 4 is 21.6 Å². The third-order valence-corrected chi connectivity index (χ3v) is 3.26. The number of benzene rings is 1. The summed E-state index contributed by atoms with van der Waals surface area (Å²) in [6.07, 6.45) is 1.55. The summed E-state index contributed by atoms with van der Waals surface area (Å²) in [5.41, 5.74) is 0.834. The molecule has 6 heteroatoms. The highest BCUT2D eigenvalue weighted by Crippen LogP contribution is 2.23. The Bertz CT molecular complexity index is 553. The Morgan fingerprint density at radius 3 is 2.89 bits per heavy atom. The van der Waals surface area contributed by atoms with E-state index in [1.807, 2.05) is 4.68 Å². The number of halogens is 2. The molecular formula is C13H16BrFN4. The molecule has 0 atom stereocenters. The summed E-state index contributed by atoms with van der Waals surface area (Å²) in [7, 11) is 0. The van der Waals surface area contributed by atoms with Crippen molar-refractivity contribution in [3.63, 3.8) is 0 Å². The van der Waals surface area contributed by atoms with Crippen molar-refractivity contribution in [3.8, 4) is 0 Å². The summed E-state index contributed by atoms with van der Waals surface area (Å²) in [4.78, 5) is 4.23. The number of nitrogens with zero attached hydrogens (tertiary/aromatic N) is 3. The molecule has 0 bridgehead atoms. The highest BCUT2D eigenvalue weighted by molar-refractivity contribution is 9.10. The van der Waals surface area contributed by atoms with Gasteiger partial charge in [-0.25, -0.2) is 14.1 Å². The fraction of sp³-hybridized carbons (Fsp3) is 0.385. The lowest BCUT2D eigenvalue weighted by molar-refractivity contribution is 0.468. The zero-order chi connectivity index (χ0) is 13.8. The Morgan fingerprint density at radius 2 is 2.21 bits per heavy atom. The molecule has 19 heavy (non-hydrogen) atoms. The van der Waals surface area contributed by atoms with E-state index < -0.39 is 0 Å². The predicted molar refractivity (Wildman–Crippen MR) is 76.3 cm³/mol. The molecule has 0 aliphatic heterocycles. The lowest BCUT2D eigenvalue weighted by Gasteiger charge is -2.11. The molecule has 1 heterocycles. The molecule has 2 aromatic rings. The monoisotopic (exact) mass is 326 g/mol. The highest BCUT2D eigenvalue weighted by atomic mass is 79.9. The first kappa shape index (κ1) is 14.0. The number of nitrogens with one attached hydrogen (secondary N) is 1. The number of rotatable bonds is 5. The topological polar surface area (TPSA) is 42.7 Å². The molecule has 0 saturated carbocycles. The standard InChI is InChI=1S/C13H16BrFN4/c1-9(2)7-19-13(17-8-18-19)6-16-12-4-3-10(15)5-11(12)14/h3-5,8-9,16H,6-7H2,1-2H3. The van der Waals surface area contributed by atoms with Crippen LogP contribution in [0.25, 0.3) is 0 Å². The molecule has 0 aliphatic carbocycles. The van der Waals surface area contributed by atoms with Crippen molar-refractivity contribution in [2.24, 2.45) is 5.92 Å². The number of aromatic nitrogens is 3. The summed E-state index contributed by atoms with van der Waals surface area (Å²) in [5.74, 6) is 1.11. The van der Waals surface area contributed by atoms with Gasteiger partial charge >= 0.3 is 0 Å². The average molecular weight is 327 g/mol. The molecule has 0 aliphatic rings. The molecule has 1 aromatic carbocycles. The van der Waals surface area contributed by atoms with E-state index >= 15 is 0 Å². The van der Waals surface area contributed by atoms with Crippen molar-refractivity contribution in [2.45, 2.75) is 26.9 Å². The van der Waals surface area contributed by atoms with E-state index in [1.54, 1.807) is 12.4 Å². The van der Waals surface area contributed by atoms with E-state index in [-0.39, 0.29) is 5.82 Å². The first-order valence-corrected chi connectivity index (χ1v) is 6.91. The van der Waals surface area contributed by atoms with Crippen molar-refractivity contribution in [1.29, 1.82) is 0 Å². The van der Waals surface area contributed by atoms with E-state index in [2.05, 4.69) is 45.2 Å². The Kier molecular flexibility index (Phi) is 4.52. The molecule has 0 fully saturated rings. The van der Waals surface area contributed by atoms with Crippen molar-refractivity contribution in [3.05, 3.63) is 40.6 Å². The van der Waals surface area contributed by atoms with Gasteiger partial charge in [0.15, 0.2) is 0 Å². The highest BCUT2D eigenvalue weighted by Gasteiger charge is 2.07. The lowest BCUT2D eigenvalue weighted by atomic mass is 10.2. The van der Waals surface area contributed by atoms with E-state index in [4.69, 9.17) is 0 Å². The molecule has 4 nitrogen and oxygen atoms in total. The van der Waals surface area contributed by atoms with Gasteiger partial charge < -0.3 is 5.32 Å². The van der Waals surface area contributed by atoms with Crippen molar-refractivity contribution < 1.29 is 4.39 Å². The second-order valence-electron chi connectivity index (χ2n) is 4.73. The van der Waals surface area contributed by atoms with Crippen LogP contribution in [0.5, 0.6) is 0 Å². The second-order valence-corrected chi connectivity index (χ2v) is 5.58. The van der Waals surface area contributed by atoms with Gasteiger partial charge in [-0.05, 0) is 40.0 Å². The van der Waals surface area contributed by atoms with Crippen LogP contribution in [0.1, 0.15) is 19.7 Å². The molecule has 1 N–H and O–H groups in total. The minimum Gasteiger partial charge on any atom is -0.377 e. The Hall–Kier alpha value is -1.43. The van der Waals surface area contributed by atoms with Crippen LogP contribution in [0.4, 0.5) is 10.1 Å². The maximum atomic E-state index is 13.0. The maximum Gasteiger partial charge on any atom is 0.146 e. The van der Waals surface area contributed by atoms with Crippen LogP contribution in [-0.4, -0.2) is 14.8 Å². The summed E-state index contributed by atoms with van der Waals surface area (Å²) in [6.45, 7) is 5.66. The van der Waals surface area contributed by atoms with E-state index in [9.17, 15) is 4.39 Å². The van der Waals surface area contributed by atoms with Crippen LogP contribution in [0.3, 0.4) is 0 Å². The zero-order valence-corrected chi connectivity index (χ0v) is 12.5. The van der Waals surface area contributed by atoms with Crippen LogP contribution in [0, 0.1) is 11.7 Å². The predicted octanol–water partition coefficient (Wildman–Crippen LogP) is 3.45. The van der Waals surface area contributed by atoms with Crippen LogP contribution < -0.4 is 5.32 Å². The second kappa shape index (κ2) is 6.14. The van der Waals surface area contributed by atoms with Crippen LogP contribution >= 0.6 is 15.9 Å². The molecule has 0 saturated heterocycles. The summed E-state index contributed by atoms with van der Waals surface area (Å²) in [6, 6.07) is 4.55. The van der Waals surface area contributed by atoms with Crippen molar-refractivity contribution in [1.82, 2.24) is 14.8 Å². The molecule has 102 valence electrons. The first-order valence-electron chi connectivity index (χ1n) is 6.12. The van der Waals surface area contributed by atoms with Gasteiger partial charge in [0.25, 0.3) is 0 Å². The molecule has 0 radical (unpaired) electrons. The molecular weight excluding hydrogens is 311 g/mol. The van der Waals surface area contributed by atoms with Gasteiger partial charge in [-0.2, -0.15) is 5.10 Å². The van der Waals surface area contributed by atoms with Gasteiger partial charge in [0.1, 0.15) is 18.0 Å². The quantitative estimate of drug-likeness (QED) is 0.915. The largest absolute Gasteiger partial charge is 0.377 e. The van der Waals surface area contributed by atoms with Crippen LogP contribution in [0.15, 0.2) is 29.0 Å². The van der Waals surface area contributed by atoms with Crippen LogP contribution in [-0.2, 0) is 13.1 Å². The third-order valence-electron chi connectivity index (χ3n) is 2.60. The lowest BCUT2D eigenvalue weighted by Crippen LogP contribution is -2.13. The number of hydrogen-bond acceptors (Lipinski definition) is 3. The fourth-order valence-corrected chi connectivity index (χ4v) is 2.22. The Morgan fingerprint density at radius 1 is 1.42 bits per heavy atom. The average Bonchev–Trinajstić information content (AvgIpc) is 2.74. The molecule has 1 aromatic heterocycles. The van der Waals surface area contributed by atoms with Crippen LogP contribution in [0.2, 0.25) is 0 Å². The number of anilines is 1. The first-order chi connectivity index (χ1) is 9.06. The number of hydrogen-bond donors (Lipinski definition) is 1. The van der Waals surface area contributed by atoms with Gasteiger partial charge in [0.05, 0.1) is 6.54 Å². The zero-order valence-electron chi connectivity index (χ0n) is 10.9. The summed E-state index contributed by atoms with van der Waals surface area (Å²) in [5, 5.41) is 7.42. The fourth-order valence-electron chi connectivity index (χ4n) is 1.73. The van der Waals surface area contributed by atoms with Gasteiger partial charge in [0.2, 0.25) is 0 Å². The summed E-state index contributed by atoms with van der Waals surface area (Å²) < 4.78 is 15.6. The van der Waals surface area contributed by atoms with Crippen molar-refractivity contribution in [2.75, 3.05) is 5.32 Å². The van der Waals surface area contributed by atoms with E-state index in [0.717, 1.165) is 18.1 Å². The SMILES string of the molecule is CC(C)Cn1ncnc1CNc1ccc(F)cc1Br. The molecule has 0 spiro atoms. The smallest absolute Gasteiger partial charge is 0.146 e. The molecule has 0 amide bonds. The Balaban J connectivity index is 2.04. The normalized spacial score (nSPS) is 11.0. The molecule has 0 unspecified atom stereocenters. The van der Waals surface area contributed by atoms with E-state index in [1.165, 1.54) is 12.1 Å². The molecule has 2 rings (SSSR count). The van der Waals surface area contributed by atoms with E-state index in [0.29, 0.717) is 16.9 Å². The van der Waals surface area contributed by atoms with Gasteiger partial charge in [0, 0.05) is 16.7 Å².